The summed E-state index contributed by atoms with van der Waals surface area (Å²) in [6, 6.07) is 6.16. The highest BCUT2D eigenvalue weighted by molar-refractivity contribution is 5.30. The monoisotopic (exact) mass is 213 g/mol. The molecule has 4 heteroatoms. The van der Waals surface area contributed by atoms with E-state index in [1.165, 1.54) is 12.1 Å². The zero-order valence-electron chi connectivity index (χ0n) is 8.20. The van der Waals surface area contributed by atoms with Crippen LogP contribution in [0.25, 0.3) is 0 Å². The Morgan fingerprint density at radius 1 is 1.47 bits per heavy atom. The van der Waals surface area contributed by atoms with Crippen molar-refractivity contribution in [1.29, 1.82) is 0 Å². The molecule has 1 aromatic rings. The highest BCUT2D eigenvalue weighted by atomic mass is 19.3. The second-order valence-electron chi connectivity index (χ2n) is 3.08. The van der Waals surface area contributed by atoms with Gasteiger partial charge in [0.15, 0.2) is 0 Å². The molecule has 0 aliphatic heterocycles. The molecule has 0 bridgehead atoms. The predicted molar refractivity (Wildman–Crippen MR) is 54.8 cm³/mol. The summed E-state index contributed by atoms with van der Waals surface area (Å²) in [4.78, 5) is 0. The van der Waals surface area contributed by atoms with Crippen molar-refractivity contribution in [2.45, 2.75) is 19.1 Å². The van der Waals surface area contributed by atoms with Gasteiger partial charge in [0, 0.05) is 6.04 Å². The fraction of sp³-hybridized carbons (Fsp3) is 0.273. The van der Waals surface area contributed by atoms with Crippen molar-refractivity contribution < 1.29 is 13.5 Å². The maximum atomic E-state index is 11.9. The molecule has 0 heterocycles. The van der Waals surface area contributed by atoms with Gasteiger partial charge in [-0.05, 0) is 24.1 Å². The Hall–Kier alpha value is -1.42. The maximum absolute atomic E-state index is 11.9. The molecular weight excluding hydrogens is 200 g/mol. The van der Waals surface area contributed by atoms with Gasteiger partial charge >= 0.3 is 6.61 Å². The number of alkyl halides is 2. The van der Waals surface area contributed by atoms with E-state index in [1.807, 2.05) is 0 Å². The van der Waals surface area contributed by atoms with Gasteiger partial charge in [0.25, 0.3) is 0 Å². The molecule has 2 N–H and O–H groups in total. The van der Waals surface area contributed by atoms with Gasteiger partial charge in [-0.1, -0.05) is 18.2 Å². The molecule has 2 nitrogen and oxygen atoms in total. The van der Waals surface area contributed by atoms with Gasteiger partial charge in [0.2, 0.25) is 0 Å². The molecule has 1 aromatic carbocycles. The number of hydrogen-bond donors (Lipinski definition) is 1. The third-order valence-electron chi connectivity index (χ3n) is 1.93. The number of benzene rings is 1. The standard InChI is InChI=1S/C11H13F2NO/c1-2-4-10(14)8-5-3-6-9(7-8)15-11(12)13/h2-3,5-7,10-11H,1,4,14H2/t10-/m0/s1. The lowest BCUT2D eigenvalue weighted by Crippen LogP contribution is -2.09. The van der Waals surface area contributed by atoms with Crippen molar-refractivity contribution in [3.8, 4) is 5.75 Å². The molecule has 82 valence electrons. The van der Waals surface area contributed by atoms with Gasteiger partial charge in [-0.15, -0.1) is 6.58 Å². The number of ether oxygens (including phenoxy) is 1. The Morgan fingerprint density at radius 3 is 2.80 bits per heavy atom. The van der Waals surface area contributed by atoms with Crippen molar-refractivity contribution in [3.63, 3.8) is 0 Å². The normalized spacial score (nSPS) is 12.5. The predicted octanol–water partition coefficient (Wildman–Crippen LogP) is 2.86. The molecule has 0 radical (unpaired) electrons. The lowest BCUT2D eigenvalue weighted by atomic mass is 10.0. The number of halogens is 2. The van der Waals surface area contributed by atoms with E-state index < -0.39 is 6.61 Å². The number of rotatable bonds is 5. The van der Waals surface area contributed by atoms with Crippen LogP contribution < -0.4 is 10.5 Å². The Labute approximate surface area is 87.4 Å². The van der Waals surface area contributed by atoms with E-state index in [9.17, 15) is 8.78 Å². The Morgan fingerprint density at radius 2 is 2.20 bits per heavy atom. The lowest BCUT2D eigenvalue weighted by molar-refractivity contribution is -0.0498. The fourth-order valence-electron chi connectivity index (χ4n) is 1.24. The van der Waals surface area contributed by atoms with Crippen LogP contribution in [0, 0.1) is 0 Å². The molecule has 0 aliphatic rings. The summed E-state index contributed by atoms with van der Waals surface area (Å²) < 4.78 is 28.1. The van der Waals surface area contributed by atoms with E-state index >= 15 is 0 Å². The topological polar surface area (TPSA) is 35.2 Å². The molecule has 0 amide bonds. The first-order valence-electron chi connectivity index (χ1n) is 4.54. The first-order valence-corrected chi connectivity index (χ1v) is 4.54. The van der Waals surface area contributed by atoms with Gasteiger partial charge in [-0.2, -0.15) is 8.78 Å². The molecule has 0 saturated carbocycles. The van der Waals surface area contributed by atoms with E-state index in [1.54, 1.807) is 18.2 Å². The van der Waals surface area contributed by atoms with E-state index in [-0.39, 0.29) is 11.8 Å². The second kappa shape index (κ2) is 5.46. The van der Waals surface area contributed by atoms with Gasteiger partial charge in [-0.25, -0.2) is 0 Å². The van der Waals surface area contributed by atoms with E-state index in [4.69, 9.17) is 5.73 Å². The first kappa shape index (κ1) is 11.7. The van der Waals surface area contributed by atoms with Crippen molar-refractivity contribution in [3.05, 3.63) is 42.5 Å². The fourth-order valence-corrected chi connectivity index (χ4v) is 1.24. The molecule has 0 spiro atoms. The first-order chi connectivity index (χ1) is 7.13. The minimum atomic E-state index is -2.81. The maximum Gasteiger partial charge on any atom is 0.387 e. The molecule has 0 fully saturated rings. The third kappa shape index (κ3) is 3.67. The molecule has 0 saturated heterocycles. The zero-order chi connectivity index (χ0) is 11.3. The van der Waals surface area contributed by atoms with Crippen molar-refractivity contribution >= 4 is 0 Å². The van der Waals surface area contributed by atoms with E-state index in [2.05, 4.69) is 11.3 Å². The van der Waals surface area contributed by atoms with Crippen LogP contribution in [0.2, 0.25) is 0 Å². The molecule has 15 heavy (non-hydrogen) atoms. The Bertz CT molecular complexity index is 328. The summed E-state index contributed by atoms with van der Waals surface area (Å²) in [5.41, 5.74) is 6.55. The Balaban J connectivity index is 2.77. The lowest BCUT2D eigenvalue weighted by Gasteiger charge is -2.11. The Kier molecular flexibility index (Phi) is 4.24. The minimum Gasteiger partial charge on any atom is -0.435 e. The van der Waals surface area contributed by atoms with Crippen LogP contribution in [-0.2, 0) is 0 Å². The van der Waals surface area contributed by atoms with Gasteiger partial charge in [0.1, 0.15) is 5.75 Å². The number of hydrogen-bond acceptors (Lipinski definition) is 2. The van der Waals surface area contributed by atoms with Crippen LogP contribution in [0.3, 0.4) is 0 Å². The summed E-state index contributed by atoms with van der Waals surface area (Å²) in [6.07, 6.45) is 2.28. The highest BCUT2D eigenvalue weighted by Crippen LogP contribution is 2.21. The van der Waals surface area contributed by atoms with Gasteiger partial charge < -0.3 is 10.5 Å². The van der Waals surface area contributed by atoms with Crippen molar-refractivity contribution in [2.75, 3.05) is 0 Å². The van der Waals surface area contributed by atoms with E-state index in [0.29, 0.717) is 6.42 Å². The van der Waals surface area contributed by atoms with Crippen LogP contribution in [0.4, 0.5) is 8.78 Å². The van der Waals surface area contributed by atoms with Crippen LogP contribution >= 0.6 is 0 Å². The van der Waals surface area contributed by atoms with Gasteiger partial charge in [-0.3, -0.25) is 0 Å². The van der Waals surface area contributed by atoms with Crippen molar-refractivity contribution in [1.82, 2.24) is 0 Å². The second-order valence-corrected chi connectivity index (χ2v) is 3.08. The van der Waals surface area contributed by atoms with Crippen LogP contribution in [0.1, 0.15) is 18.0 Å². The summed E-state index contributed by atoms with van der Waals surface area (Å²) >= 11 is 0. The minimum absolute atomic E-state index is 0.127. The third-order valence-corrected chi connectivity index (χ3v) is 1.93. The quantitative estimate of drug-likeness (QED) is 0.763. The molecule has 1 atom stereocenters. The largest absolute Gasteiger partial charge is 0.435 e. The summed E-state index contributed by atoms with van der Waals surface area (Å²) in [5, 5.41) is 0. The summed E-state index contributed by atoms with van der Waals surface area (Å²) in [6.45, 7) is 0.756. The highest BCUT2D eigenvalue weighted by Gasteiger charge is 2.07. The number of nitrogens with two attached hydrogens (primary N) is 1. The summed E-state index contributed by atoms with van der Waals surface area (Å²) in [5.74, 6) is 0.127. The molecule has 0 aromatic heterocycles. The SMILES string of the molecule is C=CC[C@H](N)c1cccc(OC(F)F)c1. The van der Waals surface area contributed by atoms with Gasteiger partial charge in [0.05, 0.1) is 0 Å². The molecule has 1 rings (SSSR count). The van der Waals surface area contributed by atoms with Crippen LogP contribution in [-0.4, -0.2) is 6.61 Å². The van der Waals surface area contributed by atoms with Crippen LogP contribution in [0.15, 0.2) is 36.9 Å². The average molecular weight is 213 g/mol. The summed E-state index contributed by atoms with van der Waals surface area (Å²) in [7, 11) is 0. The van der Waals surface area contributed by atoms with Crippen molar-refractivity contribution in [2.24, 2.45) is 5.73 Å². The molecular formula is C11H13F2NO. The van der Waals surface area contributed by atoms with Crippen LogP contribution in [0.5, 0.6) is 5.75 Å². The molecule has 0 aliphatic carbocycles. The zero-order valence-corrected chi connectivity index (χ0v) is 8.20. The van der Waals surface area contributed by atoms with E-state index in [0.717, 1.165) is 5.56 Å². The average Bonchev–Trinajstić information content (AvgIpc) is 2.17. The smallest absolute Gasteiger partial charge is 0.387 e. The molecule has 0 unspecified atom stereocenters.